The zero-order valence-electron chi connectivity index (χ0n) is 14.1. The highest BCUT2D eigenvalue weighted by molar-refractivity contribution is 7.18. The van der Waals surface area contributed by atoms with Crippen molar-refractivity contribution < 1.29 is 8.98 Å². The first-order chi connectivity index (χ1) is 12.7. The van der Waals surface area contributed by atoms with E-state index in [1.807, 2.05) is 30.3 Å². The molecule has 0 aliphatic carbocycles. The van der Waals surface area contributed by atoms with Crippen LogP contribution in [-0.4, -0.2) is 0 Å². The average molecular weight is 401 g/mol. The fourth-order valence-electron chi connectivity index (χ4n) is 2.93. The molecule has 2 aromatic carbocycles. The molecule has 2 aromatic heterocycles. The first-order valence-corrected chi connectivity index (χ1v) is 9.87. The van der Waals surface area contributed by atoms with Gasteiger partial charge < -0.3 is 4.42 Å². The number of hydrogen-bond acceptors (Lipinski definition) is 2. The molecular formula is C21H16Cl2NOS+. The highest BCUT2D eigenvalue weighted by atomic mass is 35.5. The minimum Gasteiger partial charge on any atom is -0.457 e. The van der Waals surface area contributed by atoms with Gasteiger partial charge >= 0.3 is 0 Å². The SMILES string of the molecule is CC[n+]1c(C=Cc2ccc(-c3ccc(Cl)cc3Cl)o2)sc2ccccc21. The zero-order chi connectivity index (χ0) is 18.1. The standard InChI is InChI=1S/C21H16Cl2NOS/c1-2-24-18-5-3-4-6-20(18)26-21(24)12-9-15-8-11-19(25-15)16-10-7-14(22)13-17(16)23/h3-13H,2H2,1H3/q+1. The van der Waals surface area contributed by atoms with E-state index in [0.29, 0.717) is 10.0 Å². The summed E-state index contributed by atoms with van der Waals surface area (Å²) in [6.45, 7) is 3.08. The molecule has 130 valence electrons. The molecule has 0 radical (unpaired) electrons. The molecule has 0 unspecified atom stereocenters. The lowest BCUT2D eigenvalue weighted by atomic mass is 10.2. The first kappa shape index (κ1) is 17.3. The lowest BCUT2D eigenvalue weighted by Crippen LogP contribution is -2.33. The van der Waals surface area contributed by atoms with Crippen molar-refractivity contribution in [3.05, 3.63) is 75.4 Å². The van der Waals surface area contributed by atoms with E-state index in [0.717, 1.165) is 23.6 Å². The van der Waals surface area contributed by atoms with Crippen molar-refractivity contribution in [2.45, 2.75) is 13.5 Å². The van der Waals surface area contributed by atoms with Gasteiger partial charge in [-0.1, -0.05) is 46.7 Å². The van der Waals surface area contributed by atoms with E-state index >= 15 is 0 Å². The minimum absolute atomic E-state index is 0.579. The van der Waals surface area contributed by atoms with Gasteiger partial charge in [0.15, 0.2) is 0 Å². The Hall–Kier alpha value is -2.07. The molecule has 0 spiro atoms. The number of furan rings is 1. The Kier molecular flexibility index (Phi) is 4.86. The molecular weight excluding hydrogens is 385 g/mol. The summed E-state index contributed by atoms with van der Waals surface area (Å²) in [5.74, 6) is 1.51. The second-order valence-corrected chi connectivity index (χ2v) is 7.72. The predicted octanol–water partition coefficient (Wildman–Crippen LogP) is 6.95. The van der Waals surface area contributed by atoms with Gasteiger partial charge in [0.2, 0.25) is 5.52 Å². The van der Waals surface area contributed by atoms with Crippen LogP contribution in [0.4, 0.5) is 0 Å². The zero-order valence-corrected chi connectivity index (χ0v) is 16.4. The van der Waals surface area contributed by atoms with Gasteiger partial charge in [-0.15, -0.1) is 0 Å². The summed E-state index contributed by atoms with van der Waals surface area (Å²) >= 11 is 14.0. The smallest absolute Gasteiger partial charge is 0.262 e. The normalized spacial score (nSPS) is 11.7. The summed E-state index contributed by atoms with van der Waals surface area (Å²) in [5, 5.41) is 2.38. The van der Waals surface area contributed by atoms with Crippen molar-refractivity contribution in [1.29, 1.82) is 0 Å². The third kappa shape index (κ3) is 3.30. The number of benzene rings is 2. The molecule has 0 N–H and O–H groups in total. The number of nitrogens with zero attached hydrogens (tertiary/aromatic N) is 1. The molecule has 0 aliphatic heterocycles. The van der Waals surface area contributed by atoms with Crippen LogP contribution in [0.25, 0.3) is 33.7 Å². The molecule has 0 saturated heterocycles. The van der Waals surface area contributed by atoms with Gasteiger partial charge in [-0.05, 0) is 49.4 Å². The quantitative estimate of drug-likeness (QED) is 0.338. The van der Waals surface area contributed by atoms with Crippen LogP contribution in [0.3, 0.4) is 0 Å². The molecule has 2 heterocycles. The highest BCUT2D eigenvalue weighted by Crippen LogP contribution is 2.32. The molecule has 26 heavy (non-hydrogen) atoms. The molecule has 0 saturated carbocycles. The summed E-state index contributed by atoms with van der Waals surface area (Å²) < 4.78 is 9.52. The number of aromatic nitrogens is 1. The second kappa shape index (κ2) is 7.28. The van der Waals surface area contributed by atoms with E-state index in [1.54, 1.807) is 17.4 Å². The van der Waals surface area contributed by atoms with Gasteiger partial charge in [0.1, 0.15) is 22.8 Å². The molecule has 0 aliphatic rings. The fourth-order valence-corrected chi connectivity index (χ4v) is 4.56. The maximum Gasteiger partial charge on any atom is 0.262 e. The van der Waals surface area contributed by atoms with Crippen molar-refractivity contribution in [3.63, 3.8) is 0 Å². The lowest BCUT2D eigenvalue weighted by Gasteiger charge is -2.00. The molecule has 0 fully saturated rings. The first-order valence-electron chi connectivity index (χ1n) is 8.30. The Balaban J connectivity index is 1.65. The number of hydrogen-bond donors (Lipinski definition) is 0. The number of para-hydroxylation sites is 1. The van der Waals surface area contributed by atoms with E-state index in [4.69, 9.17) is 27.6 Å². The number of fused-ring (bicyclic) bond motifs is 1. The van der Waals surface area contributed by atoms with Crippen LogP contribution in [0.5, 0.6) is 0 Å². The third-order valence-electron chi connectivity index (χ3n) is 4.17. The van der Waals surface area contributed by atoms with Crippen molar-refractivity contribution >= 4 is 56.9 Å². The van der Waals surface area contributed by atoms with Gasteiger partial charge in [-0.3, -0.25) is 0 Å². The number of thiazole rings is 1. The van der Waals surface area contributed by atoms with E-state index in [2.05, 4.69) is 41.8 Å². The minimum atomic E-state index is 0.579. The van der Waals surface area contributed by atoms with Crippen LogP contribution in [-0.2, 0) is 6.54 Å². The van der Waals surface area contributed by atoms with E-state index < -0.39 is 0 Å². The van der Waals surface area contributed by atoms with Crippen LogP contribution in [0.1, 0.15) is 17.7 Å². The second-order valence-electron chi connectivity index (χ2n) is 5.81. The van der Waals surface area contributed by atoms with Crippen molar-refractivity contribution in [2.75, 3.05) is 0 Å². The van der Waals surface area contributed by atoms with E-state index in [-0.39, 0.29) is 0 Å². The summed E-state index contributed by atoms with van der Waals surface area (Å²) in [6, 6.07) is 17.7. The number of rotatable bonds is 4. The molecule has 0 amide bonds. The van der Waals surface area contributed by atoms with Gasteiger partial charge in [0.25, 0.3) is 5.01 Å². The fraction of sp³-hybridized carbons (Fsp3) is 0.0952. The van der Waals surface area contributed by atoms with Gasteiger partial charge in [0.05, 0.1) is 5.02 Å². The average Bonchev–Trinajstić information content (AvgIpc) is 3.23. The summed E-state index contributed by atoms with van der Waals surface area (Å²) in [7, 11) is 0. The topological polar surface area (TPSA) is 17.0 Å². The predicted molar refractivity (Wildman–Crippen MR) is 111 cm³/mol. The van der Waals surface area contributed by atoms with Gasteiger partial charge in [-0.25, -0.2) is 0 Å². The molecule has 2 nitrogen and oxygen atoms in total. The van der Waals surface area contributed by atoms with Gasteiger partial charge in [0, 0.05) is 22.7 Å². The van der Waals surface area contributed by atoms with Crippen molar-refractivity contribution in [2.24, 2.45) is 0 Å². The number of halogens is 2. The van der Waals surface area contributed by atoms with Crippen LogP contribution in [0.2, 0.25) is 10.0 Å². The lowest BCUT2D eigenvalue weighted by molar-refractivity contribution is -0.665. The summed E-state index contributed by atoms with van der Waals surface area (Å²) in [4.78, 5) is 0. The molecule has 5 heteroatoms. The van der Waals surface area contributed by atoms with Crippen LogP contribution < -0.4 is 4.57 Å². The van der Waals surface area contributed by atoms with Crippen LogP contribution in [0, 0.1) is 0 Å². The Morgan fingerprint density at radius 2 is 1.88 bits per heavy atom. The largest absolute Gasteiger partial charge is 0.457 e. The third-order valence-corrected chi connectivity index (χ3v) is 5.84. The Morgan fingerprint density at radius 3 is 2.69 bits per heavy atom. The van der Waals surface area contributed by atoms with Crippen LogP contribution >= 0.6 is 34.5 Å². The molecule has 4 rings (SSSR count). The van der Waals surface area contributed by atoms with Gasteiger partial charge in [-0.2, -0.15) is 4.57 Å². The van der Waals surface area contributed by atoms with Crippen LogP contribution in [0.15, 0.2) is 59.0 Å². The monoisotopic (exact) mass is 400 g/mol. The maximum atomic E-state index is 6.27. The molecule has 4 aromatic rings. The maximum absolute atomic E-state index is 6.27. The summed E-state index contributed by atoms with van der Waals surface area (Å²) in [6.07, 6.45) is 4.09. The number of aryl methyl sites for hydroxylation is 1. The Morgan fingerprint density at radius 1 is 1.04 bits per heavy atom. The highest BCUT2D eigenvalue weighted by Gasteiger charge is 2.16. The molecule has 0 atom stereocenters. The van der Waals surface area contributed by atoms with Crippen molar-refractivity contribution in [3.8, 4) is 11.3 Å². The van der Waals surface area contributed by atoms with E-state index in [1.165, 1.54) is 15.2 Å². The van der Waals surface area contributed by atoms with E-state index in [9.17, 15) is 0 Å². The molecule has 0 bridgehead atoms. The Labute approximate surface area is 165 Å². The van der Waals surface area contributed by atoms with Crippen molar-refractivity contribution in [1.82, 2.24) is 0 Å². The summed E-state index contributed by atoms with van der Waals surface area (Å²) in [5.41, 5.74) is 2.09. The Bertz CT molecular complexity index is 1110.